The molecule has 20 heavy (non-hydrogen) atoms. The average Bonchev–Trinajstić information content (AvgIpc) is 2.94. The summed E-state index contributed by atoms with van der Waals surface area (Å²) in [6.45, 7) is 0.245. The molecule has 106 valence electrons. The number of nitrogens with zero attached hydrogens (tertiary/aromatic N) is 1. The van der Waals surface area contributed by atoms with E-state index in [9.17, 15) is 4.79 Å². The maximum Gasteiger partial charge on any atom is 0.404 e. The summed E-state index contributed by atoms with van der Waals surface area (Å²) < 4.78 is 10.3. The normalized spacial score (nSPS) is 12.1. The molecule has 2 rings (SSSR count). The Balaban J connectivity index is 1.90. The molecule has 0 spiro atoms. The Hall–Kier alpha value is -2.34. The van der Waals surface area contributed by atoms with E-state index in [1.54, 1.807) is 6.20 Å². The van der Waals surface area contributed by atoms with E-state index in [0.717, 1.165) is 5.56 Å². The first kappa shape index (κ1) is 14.1. The molecule has 6 heteroatoms. The van der Waals surface area contributed by atoms with Crippen molar-refractivity contribution < 1.29 is 13.9 Å². The van der Waals surface area contributed by atoms with Gasteiger partial charge in [0.25, 0.3) is 0 Å². The van der Waals surface area contributed by atoms with Crippen molar-refractivity contribution in [3.05, 3.63) is 42.4 Å². The van der Waals surface area contributed by atoms with Gasteiger partial charge >= 0.3 is 6.09 Å². The SMILES string of the molecule is NC(=O)OCCCC(N)c1ncc(-c2ccccc2)o1. The smallest absolute Gasteiger partial charge is 0.404 e. The summed E-state index contributed by atoms with van der Waals surface area (Å²) in [7, 11) is 0. The lowest BCUT2D eigenvalue weighted by Gasteiger charge is -2.07. The molecule has 1 amide bonds. The minimum Gasteiger partial charge on any atom is -0.450 e. The zero-order chi connectivity index (χ0) is 14.4. The molecule has 0 aliphatic heterocycles. The second-order valence-corrected chi connectivity index (χ2v) is 4.34. The van der Waals surface area contributed by atoms with Gasteiger partial charge in [0, 0.05) is 5.56 Å². The molecule has 0 fully saturated rings. The van der Waals surface area contributed by atoms with Gasteiger partial charge < -0.3 is 20.6 Å². The van der Waals surface area contributed by atoms with E-state index in [1.807, 2.05) is 30.3 Å². The lowest BCUT2D eigenvalue weighted by molar-refractivity contribution is 0.153. The van der Waals surface area contributed by atoms with Crippen LogP contribution in [0, 0.1) is 0 Å². The summed E-state index contributed by atoms with van der Waals surface area (Å²) in [4.78, 5) is 14.6. The number of aromatic nitrogens is 1. The monoisotopic (exact) mass is 275 g/mol. The summed E-state index contributed by atoms with van der Waals surface area (Å²) in [5.41, 5.74) is 11.8. The van der Waals surface area contributed by atoms with Crippen LogP contribution in [0.5, 0.6) is 0 Å². The number of primary amides is 1. The number of ether oxygens (including phenoxy) is 1. The summed E-state index contributed by atoms with van der Waals surface area (Å²) in [6, 6.07) is 9.35. The van der Waals surface area contributed by atoms with Gasteiger partial charge in [0.15, 0.2) is 5.76 Å². The molecule has 0 aliphatic rings. The third-order valence-corrected chi connectivity index (χ3v) is 2.80. The van der Waals surface area contributed by atoms with Crippen LogP contribution in [-0.4, -0.2) is 17.7 Å². The summed E-state index contributed by atoms with van der Waals surface area (Å²) in [5, 5.41) is 0. The molecule has 0 aliphatic carbocycles. The number of carbonyl (C=O) groups excluding carboxylic acids is 1. The van der Waals surface area contributed by atoms with Crippen LogP contribution in [0.2, 0.25) is 0 Å². The van der Waals surface area contributed by atoms with Crippen molar-refractivity contribution in [1.29, 1.82) is 0 Å². The molecular weight excluding hydrogens is 258 g/mol. The standard InChI is InChI=1S/C14H17N3O3/c15-11(7-4-8-19-14(16)18)13-17-9-12(20-13)10-5-2-1-3-6-10/h1-3,5-6,9,11H,4,7-8,15H2,(H2,16,18). The second-order valence-electron chi connectivity index (χ2n) is 4.34. The van der Waals surface area contributed by atoms with Crippen LogP contribution in [0.25, 0.3) is 11.3 Å². The molecule has 0 saturated heterocycles. The Morgan fingerprint density at radius 1 is 1.35 bits per heavy atom. The predicted octanol–water partition coefficient (Wildman–Crippen LogP) is 2.22. The fraction of sp³-hybridized carbons (Fsp3) is 0.286. The van der Waals surface area contributed by atoms with Crippen molar-refractivity contribution >= 4 is 6.09 Å². The molecule has 0 saturated carbocycles. The van der Waals surface area contributed by atoms with Crippen LogP contribution >= 0.6 is 0 Å². The minimum absolute atomic E-state index is 0.245. The number of benzene rings is 1. The van der Waals surface area contributed by atoms with Crippen molar-refractivity contribution in [2.75, 3.05) is 6.61 Å². The largest absolute Gasteiger partial charge is 0.450 e. The van der Waals surface area contributed by atoms with Crippen molar-refractivity contribution in [2.45, 2.75) is 18.9 Å². The number of amides is 1. The van der Waals surface area contributed by atoms with Crippen LogP contribution in [0.3, 0.4) is 0 Å². The summed E-state index contributed by atoms with van der Waals surface area (Å²) in [6.07, 6.45) is 2.08. The van der Waals surface area contributed by atoms with Crippen LogP contribution in [0.4, 0.5) is 4.79 Å². The van der Waals surface area contributed by atoms with E-state index in [2.05, 4.69) is 9.72 Å². The Morgan fingerprint density at radius 3 is 2.80 bits per heavy atom. The Morgan fingerprint density at radius 2 is 2.10 bits per heavy atom. The van der Waals surface area contributed by atoms with Gasteiger partial charge in [-0.15, -0.1) is 0 Å². The predicted molar refractivity (Wildman–Crippen MR) is 73.6 cm³/mol. The van der Waals surface area contributed by atoms with Crippen LogP contribution in [-0.2, 0) is 4.74 Å². The van der Waals surface area contributed by atoms with E-state index in [-0.39, 0.29) is 12.6 Å². The van der Waals surface area contributed by atoms with Crippen molar-refractivity contribution in [1.82, 2.24) is 4.98 Å². The third kappa shape index (κ3) is 3.83. The zero-order valence-electron chi connectivity index (χ0n) is 11.0. The summed E-state index contributed by atoms with van der Waals surface area (Å²) >= 11 is 0. The molecule has 0 bridgehead atoms. The molecule has 1 unspecified atom stereocenters. The van der Waals surface area contributed by atoms with Gasteiger partial charge in [0.1, 0.15) is 0 Å². The van der Waals surface area contributed by atoms with Gasteiger partial charge in [-0.1, -0.05) is 30.3 Å². The number of hydrogen-bond acceptors (Lipinski definition) is 5. The third-order valence-electron chi connectivity index (χ3n) is 2.80. The molecular formula is C14H17N3O3. The molecule has 4 N–H and O–H groups in total. The fourth-order valence-electron chi connectivity index (χ4n) is 1.79. The minimum atomic E-state index is -0.777. The van der Waals surface area contributed by atoms with Crippen molar-refractivity contribution in [3.63, 3.8) is 0 Å². The number of nitrogens with two attached hydrogens (primary N) is 2. The van der Waals surface area contributed by atoms with Crippen molar-refractivity contribution in [2.24, 2.45) is 11.5 Å². The highest BCUT2D eigenvalue weighted by atomic mass is 16.5. The van der Waals surface area contributed by atoms with Crippen LogP contribution < -0.4 is 11.5 Å². The van der Waals surface area contributed by atoms with E-state index < -0.39 is 6.09 Å². The first-order valence-corrected chi connectivity index (χ1v) is 6.36. The quantitative estimate of drug-likeness (QED) is 0.786. The topological polar surface area (TPSA) is 104 Å². The van der Waals surface area contributed by atoms with Gasteiger partial charge in [-0.2, -0.15) is 0 Å². The number of carbonyl (C=O) groups is 1. The highest BCUT2D eigenvalue weighted by molar-refractivity contribution is 5.64. The fourth-order valence-corrected chi connectivity index (χ4v) is 1.79. The van der Waals surface area contributed by atoms with Crippen molar-refractivity contribution in [3.8, 4) is 11.3 Å². The van der Waals surface area contributed by atoms with E-state index >= 15 is 0 Å². The maximum absolute atomic E-state index is 10.4. The Bertz CT molecular complexity index is 554. The van der Waals surface area contributed by atoms with Crippen LogP contribution in [0.1, 0.15) is 24.8 Å². The zero-order valence-corrected chi connectivity index (χ0v) is 11.0. The molecule has 1 aromatic carbocycles. The van der Waals surface area contributed by atoms with Gasteiger partial charge in [0.2, 0.25) is 5.89 Å². The van der Waals surface area contributed by atoms with E-state index in [0.29, 0.717) is 24.5 Å². The first-order chi connectivity index (χ1) is 9.66. The van der Waals surface area contributed by atoms with Gasteiger partial charge in [-0.3, -0.25) is 0 Å². The molecule has 1 atom stereocenters. The number of oxazole rings is 1. The van der Waals surface area contributed by atoms with Gasteiger partial charge in [-0.25, -0.2) is 9.78 Å². The molecule has 6 nitrogen and oxygen atoms in total. The maximum atomic E-state index is 10.4. The molecule has 0 radical (unpaired) electrons. The highest BCUT2D eigenvalue weighted by Gasteiger charge is 2.13. The summed E-state index contributed by atoms with van der Waals surface area (Å²) in [5.74, 6) is 1.16. The Kier molecular flexibility index (Phi) is 4.73. The molecule has 1 aromatic heterocycles. The first-order valence-electron chi connectivity index (χ1n) is 6.36. The lowest BCUT2D eigenvalue weighted by Crippen LogP contribution is -2.16. The Labute approximate surface area is 116 Å². The molecule has 2 aromatic rings. The number of hydrogen-bond donors (Lipinski definition) is 2. The average molecular weight is 275 g/mol. The van der Waals surface area contributed by atoms with Crippen LogP contribution in [0.15, 0.2) is 40.9 Å². The van der Waals surface area contributed by atoms with Gasteiger partial charge in [-0.05, 0) is 12.8 Å². The van der Waals surface area contributed by atoms with Gasteiger partial charge in [0.05, 0.1) is 18.8 Å². The lowest BCUT2D eigenvalue weighted by atomic mass is 10.2. The highest BCUT2D eigenvalue weighted by Crippen LogP contribution is 2.23. The number of rotatable bonds is 6. The van der Waals surface area contributed by atoms with E-state index in [1.165, 1.54) is 0 Å². The molecule has 1 heterocycles. The second kappa shape index (κ2) is 6.72. The van der Waals surface area contributed by atoms with E-state index in [4.69, 9.17) is 15.9 Å².